The van der Waals surface area contributed by atoms with Crippen molar-refractivity contribution in [1.82, 2.24) is 0 Å². The van der Waals surface area contributed by atoms with E-state index in [0.717, 1.165) is 32.3 Å². The summed E-state index contributed by atoms with van der Waals surface area (Å²) >= 11 is 0. The Bertz CT molecular complexity index is 248. The van der Waals surface area contributed by atoms with Crippen LogP contribution in [0.1, 0.15) is 32.6 Å². The fraction of sp³-hybridized carbons (Fsp3) is 0.909. The van der Waals surface area contributed by atoms with Crippen molar-refractivity contribution in [1.29, 1.82) is 0 Å². The average Bonchev–Trinajstić information content (AvgIpc) is 2.14. The third-order valence-electron chi connectivity index (χ3n) is 3.39. The van der Waals surface area contributed by atoms with Crippen LogP contribution < -0.4 is 5.73 Å². The van der Waals surface area contributed by atoms with Crippen molar-refractivity contribution in [3.63, 3.8) is 0 Å². The summed E-state index contributed by atoms with van der Waals surface area (Å²) in [7, 11) is 0. The first-order chi connectivity index (χ1) is 7.15. The zero-order valence-electron chi connectivity index (χ0n) is 9.20. The van der Waals surface area contributed by atoms with Crippen LogP contribution in [-0.2, 0) is 14.3 Å². The van der Waals surface area contributed by atoms with E-state index in [-0.39, 0.29) is 23.5 Å². The highest BCUT2D eigenvalue weighted by molar-refractivity contribution is 5.74. The Hall–Kier alpha value is -0.610. The molecule has 2 aliphatic rings. The average molecular weight is 213 g/mol. The largest absolute Gasteiger partial charge is 0.466 e. The van der Waals surface area contributed by atoms with Crippen LogP contribution in [0.2, 0.25) is 0 Å². The second-order valence-electron chi connectivity index (χ2n) is 4.64. The van der Waals surface area contributed by atoms with Crippen LogP contribution in [-0.4, -0.2) is 30.8 Å². The highest BCUT2D eigenvalue weighted by atomic mass is 16.5. The predicted molar refractivity (Wildman–Crippen MR) is 55.2 cm³/mol. The summed E-state index contributed by atoms with van der Waals surface area (Å²) in [5.74, 6) is -0.0406. The molecule has 4 heteroatoms. The summed E-state index contributed by atoms with van der Waals surface area (Å²) in [6.07, 6.45) is 3.41. The van der Waals surface area contributed by atoms with Crippen molar-refractivity contribution < 1.29 is 14.3 Å². The summed E-state index contributed by atoms with van der Waals surface area (Å²) in [5.41, 5.74) is 5.80. The third-order valence-corrected chi connectivity index (χ3v) is 3.39. The lowest BCUT2D eigenvalue weighted by molar-refractivity contribution is -0.184. The molecule has 1 unspecified atom stereocenters. The van der Waals surface area contributed by atoms with E-state index in [4.69, 9.17) is 15.2 Å². The van der Waals surface area contributed by atoms with E-state index in [9.17, 15) is 4.79 Å². The minimum atomic E-state index is -0.102. The van der Waals surface area contributed by atoms with E-state index in [1.54, 1.807) is 0 Å². The van der Waals surface area contributed by atoms with Gasteiger partial charge in [-0.2, -0.15) is 0 Å². The zero-order chi connectivity index (χ0) is 10.9. The Morgan fingerprint density at radius 1 is 1.53 bits per heavy atom. The molecule has 1 heterocycles. The third kappa shape index (κ3) is 2.16. The molecule has 15 heavy (non-hydrogen) atoms. The maximum atomic E-state index is 11.4. The molecule has 1 saturated carbocycles. The van der Waals surface area contributed by atoms with E-state index >= 15 is 0 Å². The molecular formula is C11H19NO3. The Morgan fingerprint density at radius 3 is 2.87 bits per heavy atom. The standard InChI is InChI=1S/C11H19NO3/c1-2-14-10(13)8-5-11(6-8)7-9(12)3-4-15-11/h8-9H,2-7,12H2,1H3. The number of rotatable bonds is 2. The van der Waals surface area contributed by atoms with Crippen LogP contribution in [0, 0.1) is 5.92 Å². The van der Waals surface area contributed by atoms with Crippen molar-refractivity contribution in [2.24, 2.45) is 11.7 Å². The van der Waals surface area contributed by atoms with Gasteiger partial charge in [0.25, 0.3) is 0 Å². The Morgan fingerprint density at radius 2 is 2.27 bits per heavy atom. The van der Waals surface area contributed by atoms with Gasteiger partial charge in [-0.3, -0.25) is 4.79 Å². The van der Waals surface area contributed by atoms with Gasteiger partial charge in [-0.15, -0.1) is 0 Å². The molecule has 0 amide bonds. The van der Waals surface area contributed by atoms with Gasteiger partial charge in [0.2, 0.25) is 0 Å². The number of nitrogens with two attached hydrogens (primary N) is 1. The van der Waals surface area contributed by atoms with Crippen molar-refractivity contribution in [2.45, 2.75) is 44.2 Å². The van der Waals surface area contributed by atoms with Crippen molar-refractivity contribution in [2.75, 3.05) is 13.2 Å². The van der Waals surface area contributed by atoms with Gasteiger partial charge in [0.1, 0.15) is 0 Å². The van der Waals surface area contributed by atoms with Gasteiger partial charge in [0.05, 0.1) is 18.1 Å². The topological polar surface area (TPSA) is 61.5 Å². The van der Waals surface area contributed by atoms with Gasteiger partial charge in [0, 0.05) is 12.6 Å². The van der Waals surface area contributed by atoms with Crippen LogP contribution in [0.15, 0.2) is 0 Å². The maximum absolute atomic E-state index is 11.4. The van der Waals surface area contributed by atoms with E-state index < -0.39 is 0 Å². The highest BCUT2D eigenvalue weighted by Gasteiger charge is 2.51. The van der Waals surface area contributed by atoms with Crippen LogP contribution in [0.3, 0.4) is 0 Å². The van der Waals surface area contributed by atoms with Gasteiger partial charge in [-0.25, -0.2) is 0 Å². The molecule has 2 fully saturated rings. The molecule has 1 saturated heterocycles. The van der Waals surface area contributed by atoms with Crippen molar-refractivity contribution in [3.8, 4) is 0 Å². The lowest BCUT2D eigenvalue weighted by atomic mass is 9.66. The number of carbonyl (C=O) groups excluding carboxylic acids is 1. The number of ether oxygens (including phenoxy) is 2. The zero-order valence-corrected chi connectivity index (χ0v) is 9.20. The molecule has 0 bridgehead atoms. The van der Waals surface area contributed by atoms with Gasteiger partial charge in [0.15, 0.2) is 0 Å². The summed E-state index contributed by atoms with van der Waals surface area (Å²) in [4.78, 5) is 11.4. The SMILES string of the molecule is CCOC(=O)C1CC2(CC(N)CCO2)C1. The fourth-order valence-electron chi connectivity index (χ4n) is 2.62. The molecule has 0 aromatic heterocycles. The number of carbonyl (C=O) groups is 1. The smallest absolute Gasteiger partial charge is 0.309 e. The first-order valence-electron chi connectivity index (χ1n) is 5.71. The summed E-state index contributed by atoms with van der Waals surface area (Å²) < 4.78 is 10.7. The van der Waals surface area contributed by atoms with Crippen LogP contribution in [0.4, 0.5) is 0 Å². The molecule has 86 valence electrons. The van der Waals surface area contributed by atoms with Gasteiger partial charge >= 0.3 is 5.97 Å². The monoisotopic (exact) mass is 213 g/mol. The van der Waals surface area contributed by atoms with E-state index in [1.165, 1.54) is 0 Å². The molecule has 2 N–H and O–H groups in total. The van der Waals surface area contributed by atoms with Crippen LogP contribution in [0.5, 0.6) is 0 Å². The van der Waals surface area contributed by atoms with Crippen LogP contribution >= 0.6 is 0 Å². The van der Waals surface area contributed by atoms with Gasteiger partial charge in [-0.1, -0.05) is 0 Å². The molecule has 2 rings (SSSR count). The lowest BCUT2D eigenvalue weighted by Crippen LogP contribution is -2.55. The number of esters is 1. The molecule has 0 aromatic carbocycles. The lowest BCUT2D eigenvalue weighted by Gasteiger charge is -2.49. The van der Waals surface area contributed by atoms with E-state index in [0.29, 0.717) is 6.61 Å². The predicted octanol–water partition coefficient (Wildman–Crippen LogP) is 0.836. The fourth-order valence-corrected chi connectivity index (χ4v) is 2.62. The molecule has 0 aromatic rings. The molecular weight excluding hydrogens is 194 g/mol. The van der Waals surface area contributed by atoms with E-state index in [1.807, 2.05) is 6.92 Å². The molecule has 1 aliphatic heterocycles. The molecule has 0 radical (unpaired) electrons. The first kappa shape index (κ1) is 10.9. The normalized spacial score (nSPS) is 39.9. The van der Waals surface area contributed by atoms with Gasteiger partial charge < -0.3 is 15.2 Å². The Kier molecular flexibility index (Phi) is 2.98. The first-order valence-corrected chi connectivity index (χ1v) is 5.71. The second kappa shape index (κ2) is 4.10. The molecule has 1 aliphatic carbocycles. The molecule has 1 spiro atoms. The molecule has 4 nitrogen and oxygen atoms in total. The molecule has 1 atom stereocenters. The quantitative estimate of drug-likeness (QED) is 0.690. The van der Waals surface area contributed by atoms with Gasteiger partial charge in [-0.05, 0) is 32.6 Å². The Balaban J connectivity index is 1.83. The number of hydrogen-bond donors (Lipinski definition) is 1. The minimum absolute atomic E-state index is 0.0373. The van der Waals surface area contributed by atoms with E-state index in [2.05, 4.69) is 0 Å². The summed E-state index contributed by atoms with van der Waals surface area (Å²) in [5, 5.41) is 0. The second-order valence-corrected chi connectivity index (χ2v) is 4.64. The van der Waals surface area contributed by atoms with Crippen molar-refractivity contribution in [3.05, 3.63) is 0 Å². The number of hydrogen-bond acceptors (Lipinski definition) is 4. The van der Waals surface area contributed by atoms with Crippen molar-refractivity contribution >= 4 is 5.97 Å². The maximum Gasteiger partial charge on any atom is 0.309 e. The summed E-state index contributed by atoms with van der Waals surface area (Å²) in [6, 6.07) is 0.238. The Labute approximate surface area is 90.1 Å². The summed E-state index contributed by atoms with van der Waals surface area (Å²) in [6.45, 7) is 3.03. The highest BCUT2D eigenvalue weighted by Crippen LogP contribution is 2.46. The van der Waals surface area contributed by atoms with Crippen LogP contribution in [0.25, 0.3) is 0 Å². The minimum Gasteiger partial charge on any atom is -0.466 e.